The summed E-state index contributed by atoms with van der Waals surface area (Å²) in [6, 6.07) is 15.5. The van der Waals surface area contributed by atoms with E-state index in [9.17, 15) is 4.79 Å². The van der Waals surface area contributed by atoms with Crippen molar-refractivity contribution in [2.45, 2.75) is 18.9 Å². The van der Waals surface area contributed by atoms with Gasteiger partial charge in [-0.2, -0.15) is 0 Å². The molecule has 2 aromatic carbocycles. The molecule has 0 aromatic heterocycles. The highest BCUT2D eigenvalue weighted by atomic mass is 79.9. The van der Waals surface area contributed by atoms with E-state index in [4.69, 9.17) is 5.73 Å². The molecule has 0 aliphatic heterocycles. The van der Waals surface area contributed by atoms with Crippen LogP contribution in [-0.4, -0.2) is 11.4 Å². The van der Waals surface area contributed by atoms with Crippen LogP contribution in [0.5, 0.6) is 0 Å². The number of amides is 1. The molecular weight excluding hydrogens is 396 g/mol. The number of rotatable bonds is 5. The molecule has 0 bridgehead atoms. The summed E-state index contributed by atoms with van der Waals surface area (Å²) in [5.41, 5.74) is 6.64. The molecule has 0 spiro atoms. The van der Waals surface area contributed by atoms with E-state index < -0.39 is 5.54 Å². The van der Waals surface area contributed by atoms with Crippen LogP contribution in [0, 0.1) is 0 Å². The molecule has 21 heavy (non-hydrogen) atoms. The Balaban J connectivity index is 2.26. The minimum Gasteiger partial charge on any atom is -0.370 e. The standard InChI is InChI=1S/C16H16Br2N2O/c1-16(15(19)21,10-11-6-8-12(17)9-7-11)20-14-5-3-2-4-13(14)18/h2-9,20H,10H2,1H3,(H2,19,21). The van der Waals surface area contributed by atoms with Crippen LogP contribution in [0.2, 0.25) is 0 Å². The summed E-state index contributed by atoms with van der Waals surface area (Å²) in [7, 11) is 0. The summed E-state index contributed by atoms with van der Waals surface area (Å²) in [5, 5.41) is 3.25. The van der Waals surface area contributed by atoms with Gasteiger partial charge in [0.1, 0.15) is 5.54 Å². The SMILES string of the molecule is CC(Cc1ccc(Br)cc1)(Nc1ccccc1Br)C(N)=O. The molecule has 0 heterocycles. The maximum absolute atomic E-state index is 11.9. The molecule has 1 amide bonds. The van der Waals surface area contributed by atoms with Gasteiger partial charge in [0.05, 0.1) is 0 Å². The molecule has 0 saturated heterocycles. The molecule has 0 saturated carbocycles. The van der Waals surface area contributed by atoms with Crippen molar-refractivity contribution in [1.29, 1.82) is 0 Å². The average Bonchev–Trinajstić information content (AvgIpc) is 2.44. The highest BCUT2D eigenvalue weighted by Crippen LogP contribution is 2.27. The van der Waals surface area contributed by atoms with Crippen molar-refractivity contribution in [3.05, 3.63) is 63.0 Å². The van der Waals surface area contributed by atoms with Gasteiger partial charge in [0.25, 0.3) is 0 Å². The Labute approximate surface area is 141 Å². The number of para-hydroxylation sites is 1. The third kappa shape index (κ3) is 4.08. The van der Waals surface area contributed by atoms with Gasteiger partial charge >= 0.3 is 0 Å². The number of anilines is 1. The van der Waals surface area contributed by atoms with Gasteiger partial charge < -0.3 is 11.1 Å². The van der Waals surface area contributed by atoms with Crippen molar-refractivity contribution in [3.63, 3.8) is 0 Å². The lowest BCUT2D eigenvalue weighted by molar-refractivity contribution is -0.121. The second-order valence-corrected chi connectivity index (χ2v) is 6.87. The number of nitrogens with one attached hydrogen (secondary N) is 1. The molecule has 0 aliphatic carbocycles. The van der Waals surface area contributed by atoms with Gasteiger partial charge in [0, 0.05) is 21.1 Å². The van der Waals surface area contributed by atoms with Crippen molar-refractivity contribution in [1.82, 2.24) is 0 Å². The molecule has 0 fully saturated rings. The number of halogens is 2. The largest absolute Gasteiger partial charge is 0.370 e. The van der Waals surface area contributed by atoms with E-state index in [1.54, 1.807) is 0 Å². The lowest BCUT2D eigenvalue weighted by Crippen LogP contribution is -2.49. The van der Waals surface area contributed by atoms with Crippen molar-refractivity contribution < 1.29 is 4.79 Å². The average molecular weight is 412 g/mol. The molecule has 0 radical (unpaired) electrons. The zero-order valence-corrected chi connectivity index (χ0v) is 14.7. The number of benzene rings is 2. The van der Waals surface area contributed by atoms with Crippen LogP contribution in [0.25, 0.3) is 0 Å². The second-order valence-electron chi connectivity index (χ2n) is 5.10. The molecule has 1 atom stereocenters. The summed E-state index contributed by atoms with van der Waals surface area (Å²) >= 11 is 6.88. The van der Waals surface area contributed by atoms with Gasteiger partial charge in [-0.3, -0.25) is 4.79 Å². The number of primary amides is 1. The summed E-state index contributed by atoms with van der Waals surface area (Å²) in [4.78, 5) is 11.9. The summed E-state index contributed by atoms with van der Waals surface area (Å²) in [6.07, 6.45) is 0.511. The van der Waals surface area contributed by atoms with Crippen LogP contribution in [0.4, 0.5) is 5.69 Å². The molecule has 2 aromatic rings. The fourth-order valence-electron chi connectivity index (χ4n) is 2.06. The Morgan fingerprint density at radius 1 is 1.14 bits per heavy atom. The predicted molar refractivity (Wildman–Crippen MR) is 93.2 cm³/mol. The first-order valence-corrected chi connectivity index (χ1v) is 8.06. The van der Waals surface area contributed by atoms with Crippen molar-refractivity contribution in [3.8, 4) is 0 Å². The number of hydrogen-bond donors (Lipinski definition) is 2. The summed E-state index contributed by atoms with van der Waals surface area (Å²) in [5.74, 6) is -0.388. The van der Waals surface area contributed by atoms with Crippen molar-refractivity contribution in [2.75, 3.05) is 5.32 Å². The Morgan fingerprint density at radius 3 is 2.33 bits per heavy atom. The van der Waals surface area contributed by atoms with Crippen LogP contribution in [0.1, 0.15) is 12.5 Å². The Morgan fingerprint density at radius 2 is 1.76 bits per heavy atom. The minimum absolute atomic E-state index is 0.388. The lowest BCUT2D eigenvalue weighted by atomic mass is 9.91. The normalized spacial score (nSPS) is 13.5. The van der Waals surface area contributed by atoms with Gasteiger partial charge in [-0.25, -0.2) is 0 Å². The predicted octanol–water partition coefficient (Wildman–Crippen LogP) is 4.11. The maximum Gasteiger partial charge on any atom is 0.243 e. The van der Waals surface area contributed by atoms with Crippen LogP contribution in [0.3, 0.4) is 0 Å². The van der Waals surface area contributed by atoms with E-state index in [0.29, 0.717) is 6.42 Å². The zero-order valence-electron chi connectivity index (χ0n) is 11.6. The van der Waals surface area contributed by atoms with Gasteiger partial charge in [-0.05, 0) is 52.7 Å². The topological polar surface area (TPSA) is 55.1 Å². The Kier molecular flexibility index (Phi) is 5.06. The van der Waals surface area contributed by atoms with Gasteiger partial charge in [-0.15, -0.1) is 0 Å². The molecule has 0 aliphatic rings. The second kappa shape index (κ2) is 6.62. The molecule has 2 rings (SSSR count). The first-order valence-electron chi connectivity index (χ1n) is 6.48. The van der Waals surface area contributed by atoms with E-state index in [2.05, 4.69) is 37.2 Å². The number of carbonyl (C=O) groups is 1. The van der Waals surface area contributed by atoms with E-state index in [1.165, 1.54) is 0 Å². The number of nitrogens with two attached hydrogens (primary N) is 1. The third-order valence-electron chi connectivity index (χ3n) is 3.30. The van der Waals surface area contributed by atoms with Crippen LogP contribution < -0.4 is 11.1 Å². The van der Waals surface area contributed by atoms with Crippen molar-refractivity contribution >= 4 is 43.5 Å². The van der Waals surface area contributed by atoms with E-state index in [1.807, 2.05) is 55.5 Å². The Bertz CT molecular complexity index is 643. The third-order valence-corrected chi connectivity index (χ3v) is 4.52. The Hall–Kier alpha value is -1.33. The summed E-state index contributed by atoms with van der Waals surface area (Å²) in [6.45, 7) is 1.82. The van der Waals surface area contributed by atoms with Crippen molar-refractivity contribution in [2.24, 2.45) is 5.73 Å². The number of hydrogen-bond acceptors (Lipinski definition) is 2. The smallest absolute Gasteiger partial charge is 0.243 e. The highest BCUT2D eigenvalue weighted by molar-refractivity contribution is 9.10. The van der Waals surface area contributed by atoms with E-state index in [-0.39, 0.29) is 5.91 Å². The van der Waals surface area contributed by atoms with Gasteiger partial charge in [-0.1, -0.05) is 40.2 Å². The zero-order chi connectivity index (χ0) is 15.5. The molecule has 1 unspecified atom stereocenters. The molecule has 3 nitrogen and oxygen atoms in total. The maximum atomic E-state index is 11.9. The van der Waals surface area contributed by atoms with Gasteiger partial charge in [0.15, 0.2) is 0 Å². The first-order chi connectivity index (χ1) is 9.90. The van der Waals surface area contributed by atoms with Crippen LogP contribution in [-0.2, 0) is 11.2 Å². The molecule has 110 valence electrons. The molecule has 5 heteroatoms. The lowest BCUT2D eigenvalue weighted by Gasteiger charge is -2.29. The highest BCUT2D eigenvalue weighted by Gasteiger charge is 2.31. The minimum atomic E-state index is -0.863. The monoisotopic (exact) mass is 410 g/mol. The van der Waals surface area contributed by atoms with Gasteiger partial charge in [0.2, 0.25) is 5.91 Å². The first kappa shape index (κ1) is 16.0. The molecular formula is C16H16Br2N2O. The van der Waals surface area contributed by atoms with E-state index >= 15 is 0 Å². The quantitative estimate of drug-likeness (QED) is 0.777. The fourth-order valence-corrected chi connectivity index (χ4v) is 2.71. The van der Waals surface area contributed by atoms with E-state index in [0.717, 1.165) is 20.2 Å². The fraction of sp³-hybridized carbons (Fsp3) is 0.188. The molecule has 3 N–H and O–H groups in total. The summed E-state index contributed by atoms with van der Waals surface area (Å²) < 4.78 is 1.90. The van der Waals surface area contributed by atoms with Crippen LogP contribution in [0.15, 0.2) is 57.5 Å². The van der Waals surface area contributed by atoms with Crippen LogP contribution >= 0.6 is 31.9 Å². The number of carbonyl (C=O) groups excluding carboxylic acids is 1.